The van der Waals surface area contributed by atoms with E-state index in [1.807, 2.05) is 12.3 Å². The van der Waals surface area contributed by atoms with Gasteiger partial charge in [0.25, 0.3) is 0 Å². The number of rotatable bonds is 0. The summed E-state index contributed by atoms with van der Waals surface area (Å²) < 4.78 is 2.17. The van der Waals surface area contributed by atoms with Crippen molar-refractivity contribution in [2.75, 3.05) is 0 Å². The third-order valence-electron chi connectivity index (χ3n) is 1.21. The second-order valence-electron chi connectivity index (χ2n) is 1.83. The molecule has 0 amide bonds. The highest BCUT2D eigenvalue weighted by Crippen LogP contribution is 2.25. The van der Waals surface area contributed by atoms with E-state index in [1.54, 1.807) is 26.9 Å². The lowest BCUT2D eigenvalue weighted by molar-refractivity contribution is 1.37. The van der Waals surface area contributed by atoms with Gasteiger partial charge in [0, 0.05) is 17.8 Å². The third kappa shape index (κ3) is 0.885. The lowest BCUT2D eigenvalue weighted by atomic mass is 10.4. The molecular formula is C6H3NS3. The van der Waals surface area contributed by atoms with Crippen molar-refractivity contribution in [2.45, 2.75) is 0 Å². The summed E-state index contributed by atoms with van der Waals surface area (Å²) in [5.74, 6) is 0. The van der Waals surface area contributed by atoms with Crippen molar-refractivity contribution in [3.05, 3.63) is 22.3 Å². The van der Waals surface area contributed by atoms with Crippen molar-refractivity contribution in [3.8, 4) is 0 Å². The van der Waals surface area contributed by atoms with Crippen molar-refractivity contribution in [1.82, 2.24) is 4.98 Å². The zero-order chi connectivity index (χ0) is 6.97. The van der Waals surface area contributed by atoms with E-state index >= 15 is 0 Å². The third-order valence-corrected chi connectivity index (χ3v) is 4.25. The molecule has 4 heteroatoms. The van der Waals surface area contributed by atoms with E-state index in [0.717, 1.165) is 3.82 Å². The number of fused-ring (bicyclic) bond motifs is 1. The van der Waals surface area contributed by atoms with Gasteiger partial charge in [-0.25, -0.2) is 0 Å². The Balaban J connectivity index is 3.07. The molecule has 0 atom stereocenters. The van der Waals surface area contributed by atoms with Gasteiger partial charge in [0.1, 0.15) is 3.82 Å². The summed E-state index contributed by atoms with van der Waals surface area (Å²) in [6.45, 7) is 0. The van der Waals surface area contributed by atoms with Crippen LogP contribution in [0.4, 0.5) is 0 Å². The molecule has 1 nitrogen and oxygen atoms in total. The highest BCUT2D eigenvalue weighted by atomic mass is 32.9. The Morgan fingerprint density at radius 1 is 1.40 bits per heavy atom. The summed E-state index contributed by atoms with van der Waals surface area (Å²) in [6, 6.07) is 1.96. The Kier molecular flexibility index (Phi) is 1.52. The van der Waals surface area contributed by atoms with E-state index in [0.29, 0.717) is 0 Å². The fourth-order valence-corrected chi connectivity index (χ4v) is 3.32. The number of nitrogens with zero attached hydrogens (tertiary/aromatic N) is 1. The molecule has 0 unspecified atom stereocenters. The molecule has 0 aliphatic rings. The molecule has 2 heterocycles. The van der Waals surface area contributed by atoms with Crippen LogP contribution in [0.5, 0.6) is 0 Å². The Morgan fingerprint density at radius 2 is 2.30 bits per heavy atom. The molecule has 0 aliphatic carbocycles. The van der Waals surface area contributed by atoms with Gasteiger partial charge < -0.3 is 0 Å². The average Bonchev–Trinajstić information content (AvgIpc) is 2.34. The van der Waals surface area contributed by atoms with Crippen LogP contribution in [0.25, 0.3) is 10.1 Å². The van der Waals surface area contributed by atoms with Crippen molar-refractivity contribution < 1.29 is 0 Å². The molecular weight excluding hydrogens is 182 g/mol. The summed E-state index contributed by atoms with van der Waals surface area (Å²) in [5.41, 5.74) is 0. The molecule has 50 valence electrons. The van der Waals surface area contributed by atoms with Gasteiger partial charge in [-0.15, -0.1) is 0 Å². The molecule has 2 rings (SSSR count). The predicted octanol–water partition coefficient (Wildman–Crippen LogP) is 3.09. The van der Waals surface area contributed by atoms with Gasteiger partial charge in [-0.05, 0) is 6.07 Å². The zero-order valence-corrected chi connectivity index (χ0v) is 7.35. The lowest BCUT2D eigenvalue weighted by Gasteiger charge is -1.81. The van der Waals surface area contributed by atoms with Crippen LogP contribution in [0.1, 0.15) is 0 Å². The van der Waals surface area contributed by atoms with Crippen LogP contribution in [0.15, 0.2) is 18.5 Å². The number of pyridine rings is 1. The molecule has 0 saturated heterocycles. The van der Waals surface area contributed by atoms with Crippen LogP contribution in [-0.4, -0.2) is 4.98 Å². The van der Waals surface area contributed by atoms with Gasteiger partial charge >= 0.3 is 0 Å². The Bertz CT molecular complexity index is 400. The van der Waals surface area contributed by atoms with Gasteiger partial charge in [0.05, 0.1) is 4.70 Å². The molecule has 0 spiro atoms. The number of aromatic nitrogens is 1. The van der Waals surface area contributed by atoms with Gasteiger partial charge in [0.2, 0.25) is 0 Å². The first-order valence-electron chi connectivity index (χ1n) is 2.71. The maximum absolute atomic E-state index is 5.09. The molecule has 2 aromatic heterocycles. The van der Waals surface area contributed by atoms with Crippen LogP contribution >= 0.6 is 32.9 Å². The van der Waals surface area contributed by atoms with Crippen LogP contribution in [0.3, 0.4) is 0 Å². The minimum absolute atomic E-state index is 0.974. The Hall–Kier alpha value is -0.320. The monoisotopic (exact) mass is 185 g/mol. The summed E-state index contributed by atoms with van der Waals surface area (Å²) in [6.07, 6.45) is 3.63. The lowest BCUT2D eigenvalue weighted by Crippen LogP contribution is -1.65. The first-order chi connectivity index (χ1) is 4.88. The minimum Gasteiger partial charge on any atom is -0.263 e. The molecule has 0 aliphatic heterocycles. The Morgan fingerprint density at radius 3 is 3.10 bits per heavy atom. The smallest absolute Gasteiger partial charge is 0.109 e. The maximum Gasteiger partial charge on any atom is 0.109 e. The molecule has 0 fully saturated rings. The molecule has 0 saturated carbocycles. The summed E-state index contributed by atoms with van der Waals surface area (Å²) in [7, 11) is 3.32. The number of hydrogen-bond donors (Lipinski definition) is 0. The van der Waals surface area contributed by atoms with Gasteiger partial charge in [-0.1, -0.05) is 32.9 Å². The van der Waals surface area contributed by atoms with E-state index in [4.69, 9.17) is 12.2 Å². The molecule has 0 bridgehead atoms. The summed E-state index contributed by atoms with van der Waals surface area (Å²) >= 11 is 5.09. The molecule has 10 heavy (non-hydrogen) atoms. The average molecular weight is 185 g/mol. The van der Waals surface area contributed by atoms with E-state index < -0.39 is 0 Å². The van der Waals surface area contributed by atoms with E-state index in [1.165, 1.54) is 10.1 Å². The number of hydrogen-bond acceptors (Lipinski definition) is 4. The summed E-state index contributed by atoms with van der Waals surface area (Å²) in [5, 5.41) is 1.17. The van der Waals surface area contributed by atoms with Crippen molar-refractivity contribution in [1.29, 1.82) is 0 Å². The normalized spacial score (nSPS) is 10.4. The van der Waals surface area contributed by atoms with E-state index in [2.05, 4.69) is 4.98 Å². The first kappa shape index (κ1) is 6.39. The molecule has 0 aromatic carbocycles. The van der Waals surface area contributed by atoms with Crippen molar-refractivity contribution >= 4 is 43.0 Å². The molecule has 0 radical (unpaired) electrons. The Labute approximate surface area is 70.4 Å². The fourth-order valence-electron chi connectivity index (χ4n) is 0.743. The second kappa shape index (κ2) is 2.38. The summed E-state index contributed by atoms with van der Waals surface area (Å²) in [4.78, 5) is 4.00. The van der Waals surface area contributed by atoms with Crippen molar-refractivity contribution in [3.63, 3.8) is 0 Å². The van der Waals surface area contributed by atoms with Gasteiger partial charge in [-0.2, -0.15) is 0 Å². The van der Waals surface area contributed by atoms with E-state index in [-0.39, 0.29) is 0 Å². The highest BCUT2D eigenvalue weighted by molar-refractivity contribution is 7.81. The zero-order valence-electron chi connectivity index (χ0n) is 4.90. The van der Waals surface area contributed by atoms with Crippen LogP contribution in [-0.2, 0) is 0 Å². The fraction of sp³-hybridized carbons (Fsp3) is 0. The maximum atomic E-state index is 5.09. The predicted molar refractivity (Wildman–Crippen MR) is 48.3 cm³/mol. The second-order valence-corrected chi connectivity index (χ2v) is 4.67. The van der Waals surface area contributed by atoms with Crippen LogP contribution in [0.2, 0.25) is 0 Å². The van der Waals surface area contributed by atoms with Crippen LogP contribution < -0.4 is 0 Å². The highest BCUT2D eigenvalue weighted by Gasteiger charge is 1.95. The van der Waals surface area contributed by atoms with E-state index in [9.17, 15) is 0 Å². The molecule has 2 aromatic rings. The van der Waals surface area contributed by atoms with Gasteiger partial charge in [-0.3, -0.25) is 4.98 Å². The molecule has 0 N–H and O–H groups in total. The topological polar surface area (TPSA) is 12.9 Å². The standard InChI is InChI=1S/C6H3NS3/c8-6-4-1-2-7-3-5(4)9-10-6/h1-3H. The SMILES string of the molecule is S=c1ssc2cnccc12. The quantitative estimate of drug-likeness (QED) is 0.462. The van der Waals surface area contributed by atoms with Crippen molar-refractivity contribution in [2.24, 2.45) is 0 Å². The van der Waals surface area contributed by atoms with Crippen LogP contribution in [0, 0.1) is 3.82 Å². The largest absolute Gasteiger partial charge is 0.263 e. The minimum atomic E-state index is 0.974. The first-order valence-corrected chi connectivity index (χ1v) is 5.26. The van der Waals surface area contributed by atoms with Gasteiger partial charge in [0.15, 0.2) is 0 Å².